The van der Waals surface area contributed by atoms with Crippen molar-refractivity contribution < 1.29 is 13.2 Å². The van der Waals surface area contributed by atoms with Crippen molar-refractivity contribution in [1.82, 2.24) is 5.32 Å². The molecular weight excluding hydrogens is 398 g/mol. The van der Waals surface area contributed by atoms with Crippen LogP contribution in [0, 0.1) is 0 Å². The topological polar surface area (TPSA) is 93.4 Å². The molecule has 0 aromatic heterocycles. The van der Waals surface area contributed by atoms with Gasteiger partial charge in [0.1, 0.15) is 5.75 Å². The van der Waals surface area contributed by atoms with Crippen LogP contribution in [-0.2, 0) is 10.0 Å². The maximum absolute atomic E-state index is 11.6. The number of sulfonamides is 1. The highest BCUT2D eigenvalue weighted by molar-refractivity contribution is 7.92. The fourth-order valence-corrected chi connectivity index (χ4v) is 5.01. The summed E-state index contributed by atoms with van der Waals surface area (Å²) in [6.45, 7) is 0. The Balaban J connectivity index is 1.44. The maximum atomic E-state index is 11.6. The molecule has 7 heteroatoms. The molecule has 2 aromatic rings. The van der Waals surface area contributed by atoms with Crippen molar-refractivity contribution in [2.75, 3.05) is 18.1 Å². The Labute approximate surface area is 179 Å². The van der Waals surface area contributed by atoms with Gasteiger partial charge in [0, 0.05) is 35.3 Å². The van der Waals surface area contributed by atoms with Crippen LogP contribution in [0.2, 0.25) is 0 Å². The predicted molar refractivity (Wildman–Crippen MR) is 121 cm³/mol. The van der Waals surface area contributed by atoms with E-state index in [9.17, 15) is 8.42 Å². The maximum Gasteiger partial charge on any atom is 0.229 e. The smallest absolute Gasteiger partial charge is 0.229 e. The van der Waals surface area contributed by atoms with Crippen LogP contribution >= 0.6 is 0 Å². The molecule has 0 saturated heterocycles. The van der Waals surface area contributed by atoms with E-state index in [4.69, 9.17) is 10.5 Å². The molecule has 2 aromatic carbocycles. The van der Waals surface area contributed by atoms with Crippen LogP contribution in [0.25, 0.3) is 11.1 Å². The molecule has 0 bridgehead atoms. The van der Waals surface area contributed by atoms with E-state index in [0.29, 0.717) is 35.5 Å². The number of nitrogens with two attached hydrogens (primary N) is 1. The molecular formula is C23H31N3O3S. The number of hydrogen-bond donors (Lipinski definition) is 3. The summed E-state index contributed by atoms with van der Waals surface area (Å²) in [5, 5.41) is 3.81. The third-order valence-electron chi connectivity index (χ3n) is 6.16. The highest BCUT2D eigenvalue weighted by Gasteiger charge is 2.39. The second-order valence-electron chi connectivity index (χ2n) is 8.64. The van der Waals surface area contributed by atoms with Crippen molar-refractivity contribution in [3.8, 4) is 16.9 Å². The Morgan fingerprint density at radius 3 is 2.37 bits per heavy atom. The molecule has 4 N–H and O–H groups in total. The Morgan fingerprint density at radius 2 is 1.73 bits per heavy atom. The van der Waals surface area contributed by atoms with Gasteiger partial charge in [0.25, 0.3) is 0 Å². The van der Waals surface area contributed by atoms with E-state index in [-0.39, 0.29) is 0 Å². The summed E-state index contributed by atoms with van der Waals surface area (Å²) in [7, 11) is -1.71. The van der Waals surface area contributed by atoms with Crippen LogP contribution in [0.1, 0.15) is 43.6 Å². The summed E-state index contributed by atoms with van der Waals surface area (Å²) in [5.74, 6) is 1.28. The van der Waals surface area contributed by atoms with Gasteiger partial charge < -0.3 is 15.8 Å². The van der Waals surface area contributed by atoms with Crippen LogP contribution in [0.15, 0.2) is 42.5 Å². The Kier molecular flexibility index (Phi) is 6.04. The zero-order valence-corrected chi connectivity index (χ0v) is 18.4. The highest BCUT2D eigenvalue weighted by atomic mass is 32.2. The van der Waals surface area contributed by atoms with Gasteiger partial charge in [-0.05, 0) is 61.4 Å². The minimum absolute atomic E-state index is 0.383. The standard InChI is InChI=1S/C23H31N3O3S/c1-29-23-12-11-19(26-30(2,27)28)13-21(23)16-5-3-15(4-6-16)20-14-22(20)25-18-9-7-17(24)8-10-18/h3-6,11-13,17-18,20,22,25-26H,7-10,14,24H2,1-2H3. The average molecular weight is 430 g/mol. The summed E-state index contributed by atoms with van der Waals surface area (Å²) in [5.41, 5.74) is 9.74. The van der Waals surface area contributed by atoms with Gasteiger partial charge in [0.15, 0.2) is 0 Å². The number of rotatable bonds is 7. The average Bonchev–Trinajstić information content (AvgIpc) is 3.48. The molecule has 2 unspecified atom stereocenters. The summed E-state index contributed by atoms with van der Waals surface area (Å²) < 4.78 is 31.1. The molecule has 2 atom stereocenters. The first kappa shape index (κ1) is 21.2. The SMILES string of the molecule is COc1ccc(NS(C)(=O)=O)cc1-c1ccc(C2CC2NC2CCC(N)CC2)cc1. The lowest BCUT2D eigenvalue weighted by Crippen LogP contribution is -2.38. The predicted octanol–water partition coefficient (Wildman–Crippen LogP) is 3.45. The first-order valence-corrected chi connectivity index (χ1v) is 12.5. The number of anilines is 1. The lowest BCUT2D eigenvalue weighted by atomic mass is 9.92. The molecule has 2 aliphatic rings. The monoisotopic (exact) mass is 429 g/mol. The quantitative estimate of drug-likeness (QED) is 0.627. The van der Waals surface area contributed by atoms with Crippen molar-refractivity contribution >= 4 is 15.7 Å². The minimum atomic E-state index is -3.33. The Hall–Kier alpha value is -2.09. The van der Waals surface area contributed by atoms with Gasteiger partial charge in [-0.25, -0.2) is 8.42 Å². The third-order valence-corrected chi connectivity index (χ3v) is 6.77. The van der Waals surface area contributed by atoms with Gasteiger partial charge in [-0.3, -0.25) is 4.72 Å². The summed E-state index contributed by atoms with van der Waals surface area (Å²) in [6, 6.07) is 15.4. The molecule has 2 fully saturated rings. The van der Waals surface area contributed by atoms with Crippen molar-refractivity contribution in [1.29, 1.82) is 0 Å². The second-order valence-corrected chi connectivity index (χ2v) is 10.4. The summed E-state index contributed by atoms with van der Waals surface area (Å²) in [4.78, 5) is 0. The van der Waals surface area contributed by atoms with Gasteiger partial charge in [-0.2, -0.15) is 0 Å². The molecule has 0 radical (unpaired) electrons. The molecule has 0 heterocycles. The van der Waals surface area contributed by atoms with E-state index in [1.807, 2.05) is 6.07 Å². The number of methoxy groups -OCH3 is 1. The highest BCUT2D eigenvalue weighted by Crippen LogP contribution is 2.43. The molecule has 6 nitrogen and oxygen atoms in total. The van der Waals surface area contributed by atoms with E-state index >= 15 is 0 Å². The molecule has 0 aliphatic heterocycles. The van der Waals surface area contributed by atoms with E-state index in [1.54, 1.807) is 19.2 Å². The first-order valence-electron chi connectivity index (χ1n) is 10.6. The fraction of sp³-hybridized carbons (Fsp3) is 0.478. The second kappa shape index (κ2) is 8.57. The molecule has 2 saturated carbocycles. The lowest BCUT2D eigenvalue weighted by molar-refractivity contribution is 0.339. The lowest BCUT2D eigenvalue weighted by Gasteiger charge is -2.27. The first-order chi connectivity index (χ1) is 14.3. The van der Waals surface area contributed by atoms with Crippen molar-refractivity contribution in [3.63, 3.8) is 0 Å². The largest absolute Gasteiger partial charge is 0.496 e. The van der Waals surface area contributed by atoms with E-state index < -0.39 is 10.0 Å². The molecule has 162 valence electrons. The zero-order valence-electron chi connectivity index (χ0n) is 17.6. The number of nitrogens with one attached hydrogen (secondary N) is 2. The van der Waals surface area contributed by atoms with Crippen LogP contribution in [0.3, 0.4) is 0 Å². The number of benzene rings is 2. The van der Waals surface area contributed by atoms with Crippen LogP contribution in [-0.4, -0.2) is 39.9 Å². The van der Waals surface area contributed by atoms with Gasteiger partial charge in [-0.15, -0.1) is 0 Å². The minimum Gasteiger partial charge on any atom is -0.496 e. The van der Waals surface area contributed by atoms with Crippen molar-refractivity contribution in [2.45, 2.75) is 56.1 Å². The van der Waals surface area contributed by atoms with Crippen LogP contribution < -0.4 is 20.5 Å². The fourth-order valence-electron chi connectivity index (χ4n) is 4.46. The zero-order chi connectivity index (χ0) is 21.3. The Bertz CT molecular complexity index is 983. The molecule has 0 amide bonds. The van der Waals surface area contributed by atoms with Gasteiger partial charge in [-0.1, -0.05) is 24.3 Å². The Morgan fingerprint density at radius 1 is 1.03 bits per heavy atom. The van der Waals surface area contributed by atoms with Crippen molar-refractivity contribution in [2.24, 2.45) is 5.73 Å². The molecule has 4 rings (SSSR count). The van der Waals surface area contributed by atoms with Gasteiger partial charge >= 0.3 is 0 Å². The molecule has 2 aliphatic carbocycles. The van der Waals surface area contributed by atoms with E-state index in [1.165, 1.54) is 24.8 Å². The summed E-state index contributed by atoms with van der Waals surface area (Å²) in [6.07, 6.45) is 6.94. The molecule has 30 heavy (non-hydrogen) atoms. The van der Waals surface area contributed by atoms with Crippen LogP contribution in [0.4, 0.5) is 5.69 Å². The van der Waals surface area contributed by atoms with E-state index in [2.05, 4.69) is 34.3 Å². The van der Waals surface area contributed by atoms with E-state index in [0.717, 1.165) is 30.2 Å². The normalized spacial score (nSPS) is 26.2. The summed E-state index contributed by atoms with van der Waals surface area (Å²) >= 11 is 0. The van der Waals surface area contributed by atoms with Crippen molar-refractivity contribution in [3.05, 3.63) is 48.0 Å². The third kappa shape index (κ3) is 5.14. The molecule has 0 spiro atoms. The van der Waals surface area contributed by atoms with Crippen LogP contribution in [0.5, 0.6) is 5.75 Å². The number of ether oxygens (including phenoxy) is 1. The number of hydrogen-bond acceptors (Lipinski definition) is 5. The van der Waals surface area contributed by atoms with Gasteiger partial charge in [0.2, 0.25) is 10.0 Å². The van der Waals surface area contributed by atoms with Gasteiger partial charge in [0.05, 0.1) is 13.4 Å².